The molecule has 2 unspecified atom stereocenters. The van der Waals surface area contributed by atoms with Gasteiger partial charge in [0, 0.05) is 0 Å². The molecule has 0 aromatic rings. The zero-order valence-electron chi connectivity index (χ0n) is 11.7. The summed E-state index contributed by atoms with van der Waals surface area (Å²) in [4.78, 5) is 0. The van der Waals surface area contributed by atoms with Gasteiger partial charge in [-0.15, -0.1) is 0 Å². The highest BCUT2D eigenvalue weighted by atomic mass is 16.7. The van der Waals surface area contributed by atoms with Gasteiger partial charge in [0.2, 0.25) is 0 Å². The largest absolute Gasteiger partial charge is 0.392 e. The fourth-order valence-electron chi connectivity index (χ4n) is 3.17. The molecule has 9 nitrogen and oxygen atoms in total. The van der Waals surface area contributed by atoms with Crippen LogP contribution in [0.15, 0.2) is 11.6 Å². The van der Waals surface area contributed by atoms with Crippen molar-refractivity contribution in [3.63, 3.8) is 0 Å². The molecule has 1 aliphatic carbocycles. The minimum absolute atomic E-state index is 0.169. The molecule has 0 amide bonds. The molecule has 0 spiro atoms. The summed E-state index contributed by atoms with van der Waals surface area (Å²) in [6.45, 7) is -0.287. The lowest BCUT2D eigenvalue weighted by Gasteiger charge is -2.41. The Balaban J connectivity index is 1.78. The fraction of sp³-hybridized carbons (Fsp3) is 0.846. The average molecular weight is 319 g/mol. The maximum absolute atomic E-state index is 10.1. The first-order chi connectivity index (χ1) is 10.4. The van der Waals surface area contributed by atoms with Gasteiger partial charge < -0.3 is 45.4 Å². The second-order valence-corrected chi connectivity index (χ2v) is 5.90. The molecule has 9 heteroatoms. The zero-order valence-corrected chi connectivity index (χ0v) is 11.7. The van der Waals surface area contributed by atoms with Crippen molar-refractivity contribution < 1.29 is 40.1 Å². The molecule has 2 fully saturated rings. The predicted octanol–water partition coefficient (Wildman–Crippen LogP) is -4.19. The molecule has 0 aromatic heterocycles. The van der Waals surface area contributed by atoms with Crippen LogP contribution in [0.4, 0.5) is 0 Å². The van der Waals surface area contributed by atoms with Crippen LogP contribution in [0.2, 0.25) is 0 Å². The van der Waals surface area contributed by atoms with Crippen LogP contribution in [0, 0.1) is 0 Å². The molecule has 2 bridgehead atoms. The highest BCUT2D eigenvalue weighted by Crippen LogP contribution is 2.29. The summed E-state index contributed by atoms with van der Waals surface area (Å²) in [7, 11) is 0. The monoisotopic (exact) mass is 319 g/mol. The summed E-state index contributed by atoms with van der Waals surface area (Å²) in [5, 5.41) is 61.8. The minimum Gasteiger partial charge on any atom is -0.392 e. The maximum atomic E-state index is 10.1. The normalized spacial score (nSPS) is 51.7. The van der Waals surface area contributed by atoms with Crippen LogP contribution < -0.4 is 5.32 Å². The van der Waals surface area contributed by atoms with Crippen LogP contribution in [0.25, 0.3) is 0 Å². The van der Waals surface area contributed by atoms with Crippen LogP contribution in [0.5, 0.6) is 0 Å². The molecule has 2 saturated heterocycles. The van der Waals surface area contributed by atoms with E-state index in [4.69, 9.17) is 9.47 Å². The highest BCUT2D eigenvalue weighted by molar-refractivity contribution is 5.22. The molecule has 0 saturated carbocycles. The number of nitrogens with one attached hydrogen (secondary N) is 1. The van der Waals surface area contributed by atoms with E-state index in [-0.39, 0.29) is 12.2 Å². The van der Waals surface area contributed by atoms with Crippen molar-refractivity contribution in [2.45, 2.75) is 55.0 Å². The lowest BCUT2D eigenvalue weighted by molar-refractivity contribution is -0.204. The van der Waals surface area contributed by atoms with Gasteiger partial charge in [0.1, 0.15) is 36.6 Å². The molecule has 2 heterocycles. The van der Waals surface area contributed by atoms with Crippen molar-refractivity contribution in [1.29, 1.82) is 0 Å². The van der Waals surface area contributed by atoms with Crippen LogP contribution in [-0.2, 0) is 9.47 Å². The van der Waals surface area contributed by atoms with Gasteiger partial charge in [-0.25, -0.2) is 0 Å². The Morgan fingerprint density at radius 3 is 2.45 bits per heavy atom. The third kappa shape index (κ3) is 2.58. The molecule has 3 aliphatic rings. The van der Waals surface area contributed by atoms with Gasteiger partial charge >= 0.3 is 0 Å². The molecule has 3 rings (SSSR count). The van der Waals surface area contributed by atoms with Crippen LogP contribution in [-0.4, -0.2) is 98.9 Å². The molecular weight excluding hydrogens is 298 g/mol. The third-order valence-corrected chi connectivity index (χ3v) is 4.51. The topological polar surface area (TPSA) is 152 Å². The van der Waals surface area contributed by atoms with E-state index in [0.717, 1.165) is 0 Å². The van der Waals surface area contributed by atoms with Gasteiger partial charge in [-0.05, 0) is 5.57 Å². The summed E-state index contributed by atoms with van der Waals surface area (Å²) in [6.07, 6.45) is -6.53. The van der Waals surface area contributed by atoms with E-state index in [1.807, 2.05) is 0 Å². The van der Waals surface area contributed by atoms with E-state index in [1.165, 1.54) is 6.08 Å². The molecule has 0 radical (unpaired) electrons. The van der Waals surface area contributed by atoms with Crippen molar-refractivity contribution in [2.24, 2.45) is 0 Å². The van der Waals surface area contributed by atoms with Crippen molar-refractivity contribution in [1.82, 2.24) is 5.32 Å². The van der Waals surface area contributed by atoms with Gasteiger partial charge in [-0.1, -0.05) is 6.08 Å². The van der Waals surface area contributed by atoms with E-state index < -0.39 is 61.6 Å². The molecule has 9 atom stereocenters. The molecular formula is C13H21NO8. The van der Waals surface area contributed by atoms with Crippen molar-refractivity contribution >= 4 is 0 Å². The standard InChI is InChI=1S/C13H21NO8/c15-2-4-1-5(9(17)11(19)8(4)16)14-7-6-3-21-13(22-6)12(20)10(7)18/h1,5-20H,2-3H2/t5-,6-,7-,8-,9+,10?,11?,12-,13-/m1/s1. The lowest BCUT2D eigenvalue weighted by atomic mass is 9.86. The molecule has 7 N–H and O–H groups in total. The second-order valence-electron chi connectivity index (χ2n) is 5.90. The van der Waals surface area contributed by atoms with E-state index in [2.05, 4.69) is 5.32 Å². The second kappa shape index (κ2) is 6.11. The van der Waals surface area contributed by atoms with Crippen LogP contribution in [0.3, 0.4) is 0 Å². The van der Waals surface area contributed by atoms with E-state index in [9.17, 15) is 30.6 Å². The zero-order chi connectivity index (χ0) is 16.0. The van der Waals surface area contributed by atoms with Gasteiger partial charge in [0.05, 0.1) is 25.3 Å². The first-order valence-electron chi connectivity index (χ1n) is 7.19. The number of hydrogen-bond donors (Lipinski definition) is 7. The van der Waals surface area contributed by atoms with Crippen molar-refractivity contribution in [2.75, 3.05) is 13.2 Å². The Bertz CT molecular complexity index is 446. The van der Waals surface area contributed by atoms with Gasteiger partial charge in [-0.2, -0.15) is 0 Å². The molecule has 2 aliphatic heterocycles. The molecule has 0 aromatic carbocycles. The Kier molecular flexibility index (Phi) is 4.52. The first-order valence-corrected chi connectivity index (χ1v) is 7.19. The van der Waals surface area contributed by atoms with Gasteiger partial charge in [0.25, 0.3) is 0 Å². The summed E-state index contributed by atoms with van der Waals surface area (Å²) < 4.78 is 10.6. The van der Waals surface area contributed by atoms with Crippen molar-refractivity contribution in [3.8, 4) is 0 Å². The average Bonchev–Trinajstić information content (AvgIpc) is 2.96. The summed E-state index contributed by atoms with van der Waals surface area (Å²) in [6, 6.07) is -1.56. The van der Waals surface area contributed by atoms with E-state index in [0.29, 0.717) is 0 Å². The number of aliphatic hydroxyl groups excluding tert-OH is 6. The summed E-state index contributed by atoms with van der Waals surface area (Å²) in [5.74, 6) is 0. The van der Waals surface area contributed by atoms with E-state index >= 15 is 0 Å². The Morgan fingerprint density at radius 2 is 1.77 bits per heavy atom. The third-order valence-electron chi connectivity index (χ3n) is 4.51. The summed E-state index contributed by atoms with van der Waals surface area (Å²) in [5.41, 5.74) is 0.169. The van der Waals surface area contributed by atoms with Gasteiger partial charge in [0.15, 0.2) is 6.29 Å². The molecule has 126 valence electrons. The molecule has 22 heavy (non-hydrogen) atoms. The van der Waals surface area contributed by atoms with E-state index in [1.54, 1.807) is 0 Å². The van der Waals surface area contributed by atoms with Gasteiger partial charge in [-0.3, -0.25) is 0 Å². The number of aliphatic hydroxyl groups is 6. The number of ether oxygens (including phenoxy) is 2. The smallest absolute Gasteiger partial charge is 0.186 e. The minimum atomic E-state index is -1.47. The Labute approximate surface area is 126 Å². The number of fused-ring (bicyclic) bond motifs is 2. The van der Waals surface area contributed by atoms with Crippen LogP contribution >= 0.6 is 0 Å². The summed E-state index contributed by atoms with van der Waals surface area (Å²) >= 11 is 0. The maximum Gasteiger partial charge on any atom is 0.186 e. The number of rotatable bonds is 3. The quantitative estimate of drug-likeness (QED) is 0.257. The first kappa shape index (κ1) is 16.2. The fourth-order valence-corrected chi connectivity index (χ4v) is 3.17. The Hall–Kier alpha value is -0.620. The van der Waals surface area contributed by atoms with Crippen LogP contribution in [0.1, 0.15) is 0 Å². The Morgan fingerprint density at radius 1 is 1.05 bits per heavy atom. The van der Waals surface area contributed by atoms with Crippen molar-refractivity contribution in [3.05, 3.63) is 11.6 Å². The lowest BCUT2D eigenvalue weighted by Crippen LogP contribution is -2.65. The SMILES string of the molecule is OCC1=C[C@@H](N[C@H]2C(O)[C@@H](O)[C@@H]3OC[C@H]2O3)[C@H](O)C(O)[C@@H]1O. The highest BCUT2D eigenvalue weighted by Gasteiger charge is 2.51. The predicted molar refractivity (Wildman–Crippen MR) is 70.5 cm³/mol. The number of hydrogen-bond acceptors (Lipinski definition) is 9.